The molecule has 1 unspecified atom stereocenters. The van der Waals surface area contributed by atoms with Crippen LogP contribution in [-0.2, 0) is 28.2 Å². The smallest absolute Gasteiger partial charge is 0.125 e. The molecule has 0 amide bonds. The van der Waals surface area contributed by atoms with Crippen molar-refractivity contribution in [3.63, 3.8) is 0 Å². The molecule has 4 nitrogen and oxygen atoms in total. The lowest BCUT2D eigenvalue weighted by atomic mass is 10.0. The molecule has 2 heterocycles. The van der Waals surface area contributed by atoms with Crippen LogP contribution in [0.3, 0.4) is 0 Å². The summed E-state index contributed by atoms with van der Waals surface area (Å²) in [4.78, 5) is 5.95. The summed E-state index contributed by atoms with van der Waals surface area (Å²) in [5.74, 6) is 0. The molecule has 0 aromatic carbocycles. The second-order valence-electron chi connectivity index (χ2n) is 4.54. The summed E-state index contributed by atoms with van der Waals surface area (Å²) in [5.41, 5.74) is 0.859. The first-order chi connectivity index (χ1) is 8.19. The fourth-order valence-corrected chi connectivity index (χ4v) is 3.31. The average Bonchev–Trinajstić information content (AvgIpc) is 2.89. The number of nitrogens with one attached hydrogen (secondary N) is 1. The molecular weight excluding hydrogens is 236 g/mol. The summed E-state index contributed by atoms with van der Waals surface area (Å²) >= 11 is 1.74. The number of hydrogen-bond donors (Lipinski definition) is 1. The summed E-state index contributed by atoms with van der Waals surface area (Å²) in [6.07, 6.45) is 2.18. The monoisotopic (exact) mass is 256 g/mol. The highest BCUT2D eigenvalue weighted by Crippen LogP contribution is 2.38. The van der Waals surface area contributed by atoms with Crippen molar-refractivity contribution in [2.24, 2.45) is 0 Å². The molecule has 2 rings (SSSR count). The molecule has 0 spiro atoms. The Balaban J connectivity index is 2.25. The van der Waals surface area contributed by atoms with Crippen LogP contribution in [0, 0.1) is 0 Å². The van der Waals surface area contributed by atoms with E-state index in [0.717, 1.165) is 36.7 Å². The Kier molecular flexibility index (Phi) is 4.14. The van der Waals surface area contributed by atoms with Crippen LogP contribution < -0.4 is 5.32 Å². The molecule has 1 atom stereocenters. The first kappa shape index (κ1) is 13.0. The Morgan fingerprint density at radius 1 is 1.59 bits per heavy atom. The third-order valence-electron chi connectivity index (χ3n) is 3.07. The van der Waals surface area contributed by atoms with Crippen molar-refractivity contribution in [2.75, 3.05) is 20.8 Å². The van der Waals surface area contributed by atoms with Gasteiger partial charge in [0.1, 0.15) is 10.6 Å². The van der Waals surface area contributed by atoms with Gasteiger partial charge in [0.05, 0.1) is 12.3 Å². The molecule has 0 bridgehead atoms. The Bertz CT molecular complexity index is 349. The van der Waals surface area contributed by atoms with Gasteiger partial charge < -0.3 is 14.8 Å². The molecule has 1 saturated heterocycles. The van der Waals surface area contributed by atoms with Gasteiger partial charge in [-0.25, -0.2) is 4.98 Å². The van der Waals surface area contributed by atoms with Gasteiger partial charge in [0.15, 0.2) is 0 Å². The van der Waals surface area contributed by atoms with Crippen LogP contribution >= 0.6 is 11.3 Å². The lowest BCUT2D eigenvalue weighted by molar-refractivity contribution is 0.0163. The fraction of sp³-hybridized carbons (Fsp3) is 0.750. The lowest BCUT2D eigenvalue weighted by Gasteiger charge is -2.19. The molecule has 5 heteroatoms. The predicted octanol–water partition coefficient (Wildman–Crippen LogP) is 2.03. The molecule has 1 N–H and O–H groups in total. The highest BCUT2D eigenvalue weighted by molar-refractivity contribution is 7.11. The van der Waals surface area contributed by atoms with Crippen molar-refractivity contribution in [1.29, 1.82) is 0 Å². The second-order valence-corrected chi connectivity index (χ2v) is 5.62. The number of methoxy groups -OCH3 is 1. The van der Waals surface area contributed by atoms with E-state index in [2.05, 4.69) is 12.2 Å². The SMILES string of the molecule is CNCc1sc(C2(C)CCCO2)nc1COC. The first-order valence-electron chi connectivity index (χ1n) is 5.96. The van der Waals surface area contributed by atoms with Crippen LogP contribution in [0.15, 0.2) is 0 Å². The van der Waals surface area contributed by atoms with Crippen molar-refractivity contribution >= 4 is 11.3 Å². The highest BCUT2D eigenvalue weighted by Gasteiger charge is 2.35. The largest absolute Gasteiger partial charge is 0.378 e. The number of thiazole rings is 1. The van der Waals surface area contributed by atoms with Crippen LogP contribution in [0.25, 0.3) is 0 Å². The van der Waals surface area contributed by atoms with E-state index in [4.69, 9.17) is 14.5 Å². The summed E-state index contributed by atoms with van der Waals surface area (Å²) in [5, 5.41) is 4.26. The molecule has 1 aromatic heterocycles. The first-order valence-corrected chi connectivity index (χ1v) is 6.78. The Hall–Kier alpha value is -0.490. The zero-order chi connectivity index (χ0) is 12.3. The lowest BCUT2D eigenvalue weighted by Crippen LogP contribution is -2.19. The van der Waals surface area contributed by atoms with E-state index >= 15 is 0 Å². The Morgan fingerprint density at radius 3 is 3.00 bits per heavy atom. The van der Waals surface area contributed by atoms with Crippen molar-refractivity contribution in [3.8, 4) is 0 Å². The number of nitrogens with zero attached hydrogens (tertiary/aromatic N) is 1. The van der Waals surface area contributed by atoms with Gasteiger partial charge in [-0.3, -0.25) is 0 Å². The maximum Gasteiger partial charge on any atom is 0.125 e. The number of aromatic nitrogens is 1. The van der Waals surface area contributed by atoms with Gasteiger partial charge in [-0.1, -0.05) is 0 Å². The van der Waals surface area contributed by atoms with Crippen LogP contribution in [-0.4, -0.2) is 25.7 Å². The van der Waals surface area contributed by atoms with E-state index in [1.807, 2.05) is 7.05 Å². The minimum atomic E-state index is -0.181. The molecule has 17 heavy (non-hydrogen) atoms. The molecule has 0 radical (unpaired) electrons. The van der Waals surface area contributed by atoms with Gasteiger partial charge in [-0.05, 0) is 26.8 Å². The summed E-state index contributed by atoms with van der Waals surface area (Å²) in [7, 11) is 3.65. The Labute approximate surface area is 106 Å². The van der Waals surface area contributed by atoms with Crippen LogP contribution in [0.1, 0.15) is 35.3 Å². The number of rotatable bonds is 5. The van der Waals surface area contributed by atoms with Gasteiger partial charge in [0.2, 0.25) is 0 Å². The van der Waals surface area contributed by atoms with Crippen LogP contribution in [0.2, 0.25) is 0 Å². The van der Waals surface area contributed by atoms with Gasteiger partial charge >= 0.3 is 0 Å². The standard InChI is InChI=1S/C12H20N2O2S/c1-12(5-4-6-16-12)11-14-9(8-15-3)10(17-11)7-13-2/h13H,4-8H2,1-3H3. The summed E-state index contributed by atoms with van der Waals surface area (Å²) in [6.45, 7) is 4.39. The summed E-state index contributed by atoms with van der Waals surface area (Å²) in [6, 6.07) is 0. The molecule has 96 valence electrons. The average molecular weight is 256 g/mol. The van der Waals surface area contributed by atoms with Gasteiger partial charge in [0, 0.05) is 25.1 Å². The molecular formula is C12H20N2O2S. The number of ether oxygens (including phenoxy) is 2. The fourth-order valence-electron chi connectivity index (χ4n) is 2.11. The van der Waals surface area contributed by atoms with Crippen molar-refractivity contribution in [1.82, 2.24) is 10.3 Å². The maximum absolute atomic E-state index is 5.84. The van der Waals surface area contributed by atoms with Gasteiger partial charge in [-0.2, -0.15) is 0 Å². The normalized spacial score (nSPS) is 24.4. The quantitative estimate of drug-likeness (QED) is 0.875. The van der Waals surface area contributed by atoms with Gasteiger partial charge in [0.25, 0.3) is 0 Å². The summed E-state index contributed by atoms with van der Waals surface area (Å²) < 4.78 is 11.0. The molecule has 1 aliphatic rings. The third kappa shape index (κ3) is 2.68. The van der Waals surface area contributed by atoms with Crippen molar-refractivity contribution in [2.45, 2.75) is 38.5 Å². The minimum Gasteiger partial charge on any atom is -0.378 e. The van der Waals surface area contributed by atoms with Gasteiger partial charge in [-0.15, -0.1) is 11.3 Å². The second kappa shape index (κ2) is 5.44. The van der Waals surface area contributed by atoms with E-state index in [0.29, 0.717) is 6.61 Å². The van der Waals surface area contributed by atoms with Crippen molar-refractivity contribution < 1.29 is 9.47 Å². The molecule has 1 aromatic rings. The van der Waals surface area contributed by atoms with E-state index in [1.165, 1.54) is 4.88 Å². The molecule has 0 aliphatic carbocycles. The predicted molar refractivity (Wildman–Crippen MR) is 68.1 cm³/mol. The van der Waals surface area contributed by atoms with E-state index in [1.54, 1.807) is 18.4 Å². The Morgan fingerprint density at radius 2 is 2.41 bits per heavy atom. The zero-order valence-corrected chi connectivity index (χ0v) is 11.5. The maximum atomic E-state index is 5.84. The molecule has 1 aliphatic heterocycles. The molecule has 1 fully saturated rings. The zero-order valence-electron chi connectivity index (χ0n) is 10.7. The number of hydrogen-bond acceptors (Lipinski definition) is 5. The third-order valence-corrected chi connectivity index (χ3v) is 4.41. The van der Waals surface area contributed by atoms with E-state index < -0.39 is 0 Å². The van der Waals surface area contributed by atoms with Crippen LogP contribution in [0.5, 0.6) is 0 Å². The van der Waals surface area contributed by atoms with E-state index in [-0.39, 0.29) is 5.60 Å². The van der Waals surface area contributed by atoms with Crippen LogP contribution in [0.4, 0.5) is 0 Å². The highest BCUT2D eigenvalue weighted by atomic mass is 32.1. The van der Waals surface area contributed by atoms with Crippen molar-refractivity contribution in [3.05, 3.63) is 15.6 Å². The molecule has 0 saturated carbocycles. The topological polar surface area (TPSA) is 43.4 Å². The van der Waals surface area contributed by atoms with E-state index in [9.17, 15) is 0 Å². The minimum absolute atomic E-state index is 0.181.